The first-order chi connectivity index (χ1) is 11.0. The first-order valence-electron chi connectivity index (χ1n) is 7.91. The van der Waals surface area contributed by atoms with Gasteiger partial charge in [-0.1, -0.05) is 6.92 Å². The Morgan fingerprint density at radius 1 is 1.57 bits per heavy atom. The summed E-state index contributed by atoms with van der Waals surface area (Å²) in [7, 11) is 1.86. The summed E-state index contributed by atoms with van der Waals surface area (Å²) >= 11 is 1.43. The Labute approximate surface area is 139 Å². The van der Waals surface area contributed by atoms with E-state index in [-0.39, 0.29) is 24.0 Å². The van der Waals surface area contributed by atoms with Gasteiger partial charge < -0.3 is 10.4 Å². The molecule has 124 valence electrons. The molecular weight excluding hydrogens is 312 g/mol. The summed E-state index contributed by atoms with van der Waals surface area (Å²) in [6.07, 6.45) is 5.62. The maximum atomic E-state index is 12.7. The van der Waals surface area contributed by atoms with Crippen LogP contribution < -0.4 is 5.32 Å². The number of aliphatic hydroxyl groups excluding tert-OH is 1. The third-order valence-corrected chi connectivity index (χ3v) is 5.35. The van der Waals surface area contributed by atoms with Gasteiger partial charge in [0.25, 0.3) is 5.91 Å². The summed E-state index contributed by atoms with van der Waals surface area (Å²) in [5.74, 6) is 0.167. The third kappa shape index (κ3) is 3.30. The normalized spacial score (nSPS) is 21.7. The predicted octanol–water partition coefficient (Wildman–Crippen LogP) is 1.99. The van der Waals surface area contributed by atoms with Crippen LogP contribution >= 0.6 is 11.3 Å². The zero-order chi connectivity index (χ0) is 16.6. The number of rotatable bonds is 5. The van der Waals surface area contributed by atoms with E-state index in [9.17, 15) is 9.90 Å². The molecule has 0 unspecified atom stereocenters. The first-order valence-corrected chi connectivity index (χ1v) is 8.73. The molecule has 23 heavy (non-hydrogen) atoms. The van der Waals surface area contributed by atoms with E-state index in [0.29, 0.717) is 17.7 Å². The Morgan fingerprint density at radius 3 is 2.87 bits per heavy atom. The van der Waals surface area contributed by atoms with Crippen LogP contribution in [0.5, 0.6) is 0 Å². The van der Waals surface area contributed by atoms with E-state index in [1.165, 1.54) is 11.3 Å². The summed E-state index contributed by atoms with van der Waals surface area (Å²) in [5, 5.41) is 17.9. The van der Waals surface area contributed by atoms with Gasteiger partial charge in [-0.25, -0.2) is 4.98 Å². The number of nitrogens with zero attached hydrogens (tertiary/aromatic N) is 3. The van der Waals surface area contributed by atoms with Crippen LogP contribution in [0.3, 0.4) is 0 Å². The van der Waals surface area contributed by atoms with E-state index in [1.54, 1.807) is 10.9 Å². The molecule has 2 N–H and O–H groups in total. The summed E-state index contributed by atoms with van der Waals surface area (Å²) in [4.78, 5) is 17.8. The summed E-state index contributed by atoms with van der Waals surface area (Å²) < 4.78 is 1.73. The molecule has 7 heteroatoms. The van der Waals surface area contributed by atoms with Gasteiger partial charge in [-0.15, -0.1) is 11.3 Å². The number of amides is 1. The van der Waals surface area contributed by atoms with Crippen LogP contribution in [0.2, 0.25) is 0 Å². The second kappa shape index (κ2) is 6.41. The lowest BCUT2D eigenvalue weighted by Gasteiger charge is -2.37. The number of nitrogens with one attached hydrogen (secondary N) is 1. The van der Waals surface area contributed by atoms with Crippen molar-refractivity contribution in [2.75, 3.05) is 0 Å². The first kappa shape index (κ1) is 16.1. The maximum absolute atomic E-state index is 12.7. The number of aryl methyl sites for hydroxylation is 3. The lowest BCUT2D eigenvalue weighted by Crippen LogP contribution is -2.41. The average Bonchev–Trinajstić information content (AvgIpc) is 3.07. The largest absolute Gasteiger partial charge is 0.393 e. The smallest absolute Gasteiger partial charge is 0.263 e. The van der Waals surface area contributed by atoms with Crippen LogP contribution in [-0.2, 0) is 13.5 Å². The van der Waals surface area contributed by atoms with Crippen LogP contribution in [0.15, 0.2) is 12.4 Å². The van der Waals surface area contributed by atoms with Gasteiger partial charge in [0.1, 0.15) is 4.88 Å². The van der Waals surface area contributed by atoms with Crippen molar-refractivity contribution in [3.63, 3.8) is 0 Å². The monoisotopic (exact) mass is 334 g/mol. The molecule has 1 atom stereocenters. The van der Waals surface area contributed by atoms with Crippen molar-refractivity contribution < 1.29 is 9.90 Å². The van der Waals surface area contributed by atoms with Crippen molar-refractivity contribution in [2.45, 2.75) is 45.3 Å². The van der Waals surface area contributed by atoms with Crippen LogP contribution in [0.25, 0.3) is 0 Å². The molecule has 0 saturated heterocycles. The zero-order valence-corrected chi connectivity index (χ0v) is 14.4. The number of thiazole rings is 1. The van der Waals surface area contributed by atoms with Crippen LogP contribution in [0.4, 0.5) is 0 Å². The zero-order valence-electron chi connectivity index (χ0n) is 13.6. The Balaban J connectivity index is 1.81. The summed E-state index contributed by atoms with van der Waals surface area (Å²) in [6.45, 7) is 3.92. The summed E-state index contributed by atoms with van der Waals surface area (Å²) in [6, 6.07) is -0.119. The maximum Gasteiger partial charge on any atom is 0.263 e. The number of carbonyl (C=O) groups is 1. The fourth-order valence-electron chi connectivity index (χ4n) is 3.07. The molecule has 2 aromatic heterocycles. The Morgan fingerprint density at radius 2 is 2.30 bits per heavy atom. The van der Waals surface area contributed by atoms with Crippen molar-refractivity contribution in [3.05, 3.63) is 33.5 Å². The third-order valence-electron chi connectivity index (χ3n) is 4.34. The molecule has 1 fully saturated rings. The van der Waals surface area contributed by atoms with Crippen LogP contribution in [-0.4, -0.2) is 31.9 Å². The highest BCUT2D eigenvalue weighted by atomic mass is 32.1. The number of aliphatic hydroxyl groups is 1. The molecule has 0 bridgehead atoms. The van der Waals surface area contributed by atoms with Crippen LogP contribution in [0, 0.1) is 12.8 Å². The molecule has 0 aromatic carbocycles. The Bertz CT molecular complexity index is 703. The molecule has 1 amide bonds. The Hall–Kier alpha value is -1.73. The molecular formula is C16H22N4O2S. The van der Waals surface area contributed by atoms with E-state index in [0.717, 1.165) is 22.7 Å². The van der Waals surface area contributed by atoms with Gasteiger partial charge in [0, 0.05) is 18.8 Å². The number of aromatic nitrogens is 3. The molecule has 1 saturated carbocycles. The highest BCUT2D eigenvalue weighted by molar-refractivity contribution is 7.13. The van der Waals surface area contributed by atoms with Crippen molar-refractivity contribution in [2.24, 2.45) is 13.0 Å². The predicted molar refractivity (Wildman–Crippen MR) is 88.4 cm³/mol. The van der Waals surface area contributed by atoms with Gasteiger partial charge in [-0.2, -0.15) is 5.10 Å². The van der Waals surface area contributed by atoms with E-state index in [4.69, 9.17) is 0 Å². The van der Waals surface area contributed by atoms with E-state index in [2.05, 4.69) is 15.4 Å². The van der Waals surface area contributed by atoms with Crippen molar-refractivity contribution >= 4 is 17.2 Å². The quantitative estimate of drug-likeness (QED) is 0.876. The minimum absolute atomic E-state index is 0.0808. The minimum atomic E-state index is -0.257. The van der Waals surface area contributed by atoms with Gasteiger partial charge in [-0.3, -0.25) is 9.48 Å². The molecule has 1 aliphatic carbocycles. The molecule has 2 heterocycles. The second-order valence-electron chi connectivity index (χ2n) is 6.15. The van der Waals surface area contributed by atoms with E-state index < -0.39 is 0 Å². The van der Waals surface area contributed by atoms with E-state index >= 15 is 0 Å². The molecule has 6 nitrogen and oxygen atoms in total. The number of carbonyl (C=O) groups excluding carboxylic acids is 1. The van der Waals surface area contributed by atoms with Gasteiger partial charge in [0.2, 0.25) is 0 Å². The summed E-state index contributed by atoms with van der Waals surface area (Å²) in [5.41, 5.74) is 1.83. The lowest BCUT2D eigenvalue weighted by molar-refractivity contribution is 0.0235. The fourth-order valence-corrected chi connectivity index (χ4v) is 3.98. The minimum Gasteiger partial charge on any atom is -0.393 e. The van der Waals surface area contributed by atoms with Crippen molar-refractivity contribution in [1.82, 2.24) is 20.1 Å². The van der Waals surface area contributed by atoms with Gasteiger partial charge in [-0.05, 0) is 32.1 Å². The lowest BCUT2D eigenvalue weighted by atomic mass is 9.75. The molecule has 0 spiro atoms. The molecule has 0 radical (unpaired) electrons. The average molecular weight is 334 g/mol. The fraction of sp³-hybridized carbons (Fsp3) is 0.562. The molecule has 2 aromatic rings. The standard InChI is InChI=1S/C16H22N4O2S/c1-4-13-15(23-9(2)18-13)16(22)19-14(10-5-12(21)6-10)11-7-17-20(3)8-11/h7-8,10,12,14,21H,4-6H2,1-3H3,(H,19,22)/t10?,12?,14-/m0/s1. The van der Waals surface area contributed by atoms with Crippen LogP contribution in [0.1, 0.15) is 51.7 Å². The topological polar surface area (TPSA) is 80.0 Å². The van der Waals surface area contributed by atoms with Crippen molar-refractivity contribution in [1.29, 1.82) is 0 Å². The Kier molecular flexibility index (Phi) is 4.50. The highest BCUT2D eigenvalue weighted by Gasteiger charge is 2.36. The highest BCUT2D eigenvalue weighted by Crippen LogP contribution is 2.38. The van der Waals surface area contributed by atoms with Gasteiger partial charge in [0.15, 0.2) is 0 Å². The van der Waals surface area contributed by atoms with Gasteiger partial charge >= 0.3 is 0 Å². The molecule has 3 rings (SSSR count). The second-order valence-corrected chi connectivity index (χ2v) is 7.35. The molecule has 1 aliphatic rings. The van der Waals surface area contributed by atoms with E-state index in [1.807, 2.05) is 27.1 Å². The van der Waals surface area contributed by atoms with Crippen molar-refractivity contribution in [3.8, 4) is 0 Å². The SMILES string of the molecule is CCc1nc(C)sc1C(=O)N[C@H](c1cnn(C)c1)C1CC(O)C1. The van der Waals surface area contributed by atoms with Gasteiger partial charge in [0.05, 0.1) is 29.0 Å². The number of hydrogen-bond acceptors (Lipinski definition) is 5. The number of hydrogen-bond donors (Lipinski definition) is 2. The molecule has 0 aliphatic heterocycles.